The van der Waals surface area contributed by atoms with Crippen LogP contribution in [-0.4, -0.2) is 32.7 Å². The summed E-state index contributed by atoms with van der Waals surface area (Å²) in [5.74, 6) is 0.931. The molecule has 0 unspecified atom stereocenters. The van der Waals surface area contributed by atoms with E-state index >= 15 is 0 Å². The predicted octanol–water partition coefficient (Wildman–Crippen LogP) is 5.09. The van der Waals surface area contributed by atoms with Crippen LogP contribution in [0.25, 0.3) is 20.4 Å². The summed E-state index contributed by atoms with van der Waals surface area (Å²) >= 11 is 6.30. The smallest absolute Gasteiger partial charge is 0.316 e. The van der Waals surface area contributed by atoms with E-state index < -0.39 is 6.03 Å². The highest BCUT2D eigenvalue weighted by molar-refractivity contribution is 8.01. The molecule has 2 N–H and O–H groups in total. The molecule has 2 heterocycles. The molecule has 0 atom stereocenters. The lowest BCUT2D eigenvalue weighted by molar-refractivity contribution is 0.223. The van der Waals surface area contributed by atoms with E-state index in [2.05, 4.69) is 9.97 Å². The number of benzene rings is 2. The van der Waals surface area contributed by atoms with Crippen molar-refractivity contribution < 1.29 is 4.79 Å². The third-order valence-electron chi connectivity index (χ3n) is 3.55. The first kappa shape index (κ1) is 17.6. The predicted molar refractivity (Wildman–Crippen MR) is 112 cm³/mol. The Hall–Kier alpha value is -1.81. The molecule has 9 heteroatoms. The number of fused-ring (bicyclic) bond motifs is 2. The number of aromatic nitrogens is 2. The van der Waals surface area contributed by atoms with E-state index in [0.717, 1.165) is 29.1 Å². The molecule has 0 saturated heterocycles. The first-order valence-electron chi connectivity index (χ1n) is 7.70. The first-order valence-corrected chi connectivity index (χ1v) is 11.3. The zero-order valence-electron chi connectivity index (χ0n) is 13.5. The maximum absolute atomic E-state index is 11.8. The van der Waals surface area contributed by atoms with Crippen LogP contribution in [0, 0.1) is 0 Å². The fourth-order valence-electron chi connectivity index (χ4n) is 2.26. The van der Waals surface area contributed by atoms with Crippen LogP contribution in [0.5, 0.6) is 0 Å². The van der Waals surface area contributed by atoms with Crippen molar-refractivity contribution in [2.75, 3.05) is 11.8 Å². The minimum absolute atomic E-state index is 0.438. The van der Waals surface area contributed by atoms with Crippen LogP contribution >= 0.6 is 46.2 Å². The van der Waals surface area contributed by atoms with Crippen molar-refractivity contribution in [3.63, 3.8) is 0 Å². The summed E-state index contributed by atoms with van der Waals surface area (Å²) in [5, 5.41) is 0. The number of urea groups is 1. The standard InChI is InChI=1S/C17H14N4OS4/c18-15(22)21(9-23-16-19-11-5-1-3-7-13(11)25-16)10-24-17-20-12-6-2-4-8-14(12)26-17/h1-8H,9-10H2,(H2,18,22). The molecule has 5 nitrogen and oxygen atoms in total. The number of hydrogen-bond acceptors (Lipinski definition) is 7. The van der Waals surface area contributed by atoms with Gasteiger partial charge in [0.05, 0.1) is 32.2 Å². The molecular formula is C17H14N4OS4. The Bertz CT molecular complexity index is 917. The van der Waals surface area contributed by atoms with E-state index in [0.29, 0.717) is 11.8 Å². The molecule has 2 aromatic heterocycles. The molecule has 0 aliphatic rings. The molecule has 0 bridgehead atoms. The molecule has 2 aromatic carbocycles. The fourth-order valence-corrected chi connectivity index (χ4v) is 6.39. The van der Waals surface area contributed by atoms with Crippen molar-refractivity contribution in [2.24, 2.45) is 5.73 Å². The van der Waals surface area contributed by atoms with Gasteiger partial charge in [-0.1, -0.05) is 47.8 Å². The topological polar surface area (TPSA) is 72.1 Å². The summed E-state index contributed by atoms with van der Waals surface area (Å²) in [7, 11) is 0. The van der Waals surface area contributed by atoms with Gasteiger partial charge in [0.1, 0.15) is 0 Å². The zero-order chi connectivity index (χ0) is 17.9. The Balaban J connectivity index is 1.39. The lowest BCUT2D eigenvalue weighted by atomic mass is 10.3. The summed E-state index contributed by atoms with van der Waals surface area (Å²) in [6.07, 6.45) is 0. The van der Waals surface area contributed by atoms with Gasteiger partial charge in [0.2, 0.25) is 0 Å². The van der Waals surface area contributed by atoms with E-state index in [1.807, 2.05) is 48.5 Å². The van der Waals surface area contributed by atoms with Crippen molar-refractivity contribution in [3.05, 3.63) is 48.5 Å². The summed E-state index contributed by atoms with van der Waals surface area (Å²) in [6, 6.07) is 15.6. The largest absolute Gasteiger partial charge is 0.351 e. The Labute approximate surface area is 166 Å². The number of thiazole rings is 2. The molecule has 0 aliphatic carbocycles. The molecule has 4 aromatic rings. The zero-order valence-corrected chi connectivity index (χ0v) is 16.8. The van der Waals surface area contributed by atoms with E-state index in [1.165, 1.54) is 23.5 Å². The molecule has 0 spiro atoms. The van der Waals surface area contributed by atoms with Crippen LogP contribution in [0.4, 0.5) is 4.79 Å². The summed E-state index contributed by atoms with van der Waals surface area (Å²) in [5.41, 5.74) is 7.50. The Morgan fingerprint density at radius 3 is 1.77 bits per heavy atom. The second-order valence-corrected chi connectivity index (χ2v) is 9.77. The van der Waals surface area contributed by atoms with Crippen LogP contribution in [0.1, 0.15) is 0 Å². The van der Waals surface area contributed by atoms with E-state index in [4.69, 9.17) is 5.73 Å². The molecule has 0 radical (unpaired) electrons. The van der Waals surface area contributed by atoms with Crippen molar-refractivity contribution in [2.45, 2.75) is 8.68 Å². The monoisotopic (exact) mass is 418 g/mol. The SMILES string of the molecule is NC(=O)N(CSc1nc2ccccc2s1)CSc1nc2ccccc2s1. The number of primary amides is 1. The number of para-hydroxylation sites is 2. The molecule has 26 heavy (non-hydrogen) atoms. The number of nitrogens with two attached hydrogens (primary N) is 1. The number of rotatable bonds is 6. The quantitative estimate of drug-likeness (QED) is 0.349. The van der Waals surface area contributed by atoms with Crippen LogP contribution < -0.4 is 5.73 Å². The van der Waals surface area contributed by atoms with Gasteiger partial charge in [0, 0.05) is 0 Å². The van der Waals surface area contributed by atoms with Crippen LogP contribution in [0.15, 0.2) is 57.2 Å². The highest BCUT2D eigenvalue weighted by atomic mass is 32.2. The van der Waals surface area contributed by atoms with E-state index in [9.17, 15) is 4.79 Å². The van der Waals surface area contributed by atoms with Gasteiger partial charge in [-0.25, -0.2) is 14.8 Å². The number of nitrogens with zero attached hydrogens (tertiary/aromatic N) is 3. The molecule has 2 amide bonds. The van der Waals surface area contributed by atoms with Crippen LogP contribution in [0.3, 0.4) is 0 Å². The van der Waals surface area contributed by atoms with E-state index in [-0.39, 0.29) is 0 Å². The van der Waals surface area contributed by atoms with Crippen molar-refractivity contribution in [3.8, 4) is 0 Å². The second kappa shape index (κ2) is 7.83. The maximum Gasteiger partial charge on any atom is 0.316 e. The highest BCUT2D eigenvalue weighted by Gasteiger charge is 2.14. The number of carbonyl (C=O) groups is 1. The molecule has 132 valence electrons. The van der Waals surface area contributed by atoms with Crippen molar-refractivity contribution in [1.82, 2.24) is 14.9 Å². The minimum Gasteiger partial charge on any atom is -0.351 e. The first-order chi connectivity index (χ1) is 12.7. The molecule has 0 fully saturated rings. The number of hydrogen-bond donors (Lipinski definition) is 1. The van der Waals surface area contributed by atoms with Gasteiger partial charge in [-0.2, -0.15) is 0 Å². The average molecular weight is 419 g/mol. The number of thioether (sulfide) groups is 2. The molecule has 4 rings (SSSR count). The number of amides is 2. The van der Waals surface area contributed by atoms with Gasteiger partial charge >= 0.3 is 6.03 Å². The van der Waals surface area contributed by atoms with Gasteiger partial charge in [-0.3, -0.25) is 0 Å². The van der Waals surface area contributed by atoms with Crippen LogP contribution in [-0.2, 0) is 0 Å². The summed E-state index contributed by atoms with van der Waals surface area (Å²) < 4.78 is 4.15. The van der Waals surface area contributed by atoms with Crippen LogP contribution in [0.2, 0.25) is 0 Å². The van der Waals surface area contributed by atoms with Crippen molar-refractivity contribution >= 4 is 72.7 Å². The summed E-state index contributed by atoms with van der Waals surface area (Å²) in [6.45, 7) is 0. The normalized spacial score (nSPS) is 11.2. The third-order valence-corrected chi connectivity index (χ3v) is 7.98. The Morgan fingerprint density at radius 1 is 0.885 bits per heavy atom. The van der Waals surface area contributed by atoms with Gasteiger partial charge < -0.3 is 10.6 Å². The summed E-state index contributed by atoms with van der Waals surface area (Å²) in [4.78, 5) is 22.5. The average Bonchev–Trinajstić information content (AvgIpc) is 3.24. The van der Waals surface area contributed by atoms with Gasteiger partial charge in [0.25, 0.3) is 0 Å². The Morgan fingerprint density at radius 2 is 1.35 bits per heavy atom. The van der Waals surface area contributed by atoms with Gasteiger partial charge in [-0.05, 0) is 24.3 Å². The lowest BCUT2D eigenvalue weighted by Crippen LogP contribution is -2.35. The van der Waals surface area contributed by atoms with Crippen molar-refractivity contribution in [1.29, 1.82) is 0 Å². The van der Waals surface area contributed by atoms with E-state index in [1.54, 1.807) is 27.6 Å². The Kier molecular flexibility index (Phi) is 5.30. The second-order valence-electron chi connectivity index (χ2n) is 5.32. The van der Waals surface area contributed by atoms with Gasteiger partial charge in [-0.15, -0.1) is 22.7 Å². The molecular weight excluding hydrogens is 404 g/mol. The lowest BCUT2D eigenvalue weighted by Gasteiger charge is -2.17. The maximum atomic E-state index is 11.8. The highest BCUT2D eigenvalue weighted by Crippen LogP contribution is 2.32. The fraction of sp³-hybridized carbons (Fsp3) is 0.118. The third kappa shape index (κ3) is 3.96. The molecule has 0 aliphatic heterocycles. The molecule has 0 saturated carbocycles. The number of carbonyl (C=O) groups excluding carboxylic acids is 1. The minimum atomic E-state index is -0.438. The van der Waals surface area contributed by atoms with Gasteiger partial charge in [0.15, 0.2) is 8.68 Å².